The van der Waals surface area contributed by atoms with Crippen molar-refractivity contribution in [2.24, 2.45) is 5.92 Å². The number of aromatic nitrogens is 4. The van der Waals surface area contributed by atoms with E-state index in [4.69, 9.17) is 19.4 Å². The van der Waals surface area contributed by atoms with Gasteiger partial charge in [0, 0.05) is 49.3 Å². The Morgan fingerprint density at radius 1 is 0.566 bits per heavy atom. The zero-order chi connectivity index (χ0) is 35.0. The summed E-state index contributed by atoms with van der Waals surface area (Å²) in [5.74, 6) is 2.32. The Labute approximate surface area is 305 Å². The molecular formula is C48H32N4O. The fourth-order valence-corrected chi connectivity index (χ4v) is 8.24. The maximum Gasteiger partial charge on any atom is 0.164 e. The van der Waals surface area contributed by atoms with Gasteiger partial charge in [-0.15, -0.1) is 0 Å². The van der Waals surface area contributed by atoms with Crippen molar-refractivity contribution in [3.63, 3.8) is 0 Å². The van der Waals surface area contributed by atoms with Crippen molar-refractivity contribution < 1.29 is 4.42 Å². The van der Waals surface area contributed by atoms with E-state index < -0.39 is 0 Å². The summed E-state index contributed by atoms with van der Waals surface area (Å²) in [4.78, 5) is 15.3. The van der Waals surface area contributed by atoms with Crippen LogP contribution in [0.5, 0.6) is 0 Å². The van der Waals surface area contributed by atoms with Gasteiger partial charge in [-0.05, 0) is 71.3 Å². The molecule has 0 saturated heterocycles. The standard InChI is InChI=1S/C48H32N4O/c1-29-18-19-30-20-21-31-22-25-39-38-24-23-34(28-43(38)53-45(39)44(31)40(30)26-29)48-50-46(32-10-3-2-4-11-32)49-47(51-48)33-12-9-13-35(27-33)52-41-16-7-5-14-36(41)37-15-6-8-17-42(37)52/h2-25,27-29H,26H2,1H3. The van der Waals surface area contributed by atoms with Crippen molar-refractivity contribution in [3.8, 4) is 39.9 Å². The first-order chi connectivity index (χ1) is 26.2. The van der Waals surface area contributed by atoms with Crippen molar-refractivity contribution in [2.45, 2.75) is 13.3 Å². The molecule has 0 amide bonds. The molecule has 1 atom stereocenters. The van der Waals surface area contributed by atoms with Crippen molar-refractivity contribution in [1.29, 1.82) is 0 Å². The molecule has 0 spiro atoms. The Morgan fingerprint density at radius 2 is 1.21 bits per heavy atom. The number of hydrogen-bond acceptors (Lipinski definition) is 4. The molecule has 53 heavy (non-hydrogen) atoms. The average molecular weight is 681 g/mol. The lowest BCUT2D eigenvalue weighted by Gasteiger charge is -2.18. The van der Waals surface area contributed by atoms with Crippen LogP contribution in [0.15, 0.2) is 156 Å². The number of benzene rings is 7. The van der Waals surface area contributed by atoms with Gasteiger partial charge < -0.3 is 8.98 Å². The molecule has 0 aliphatic heterocycles. The molecule has 10 aromatic rings. The number of rotatable bonds is 4. The molecule has 0 bridgehead atoms. The maximum absolute atomic E-state index is 6.79. The van der Waals surface area contributed by atoms with Crippen LogP contribution in [0.2, 0.25) is 0 Å². The highest BCUT2D eigenvalue weighted by molar-refractivity contribution is 6.17. The Bertz CT molecular complexity index is 3060. The third kappa shape index (κ3) is 4.74. The van der Waals surface area contributed by atoms with Gasteiger partial charge in [0.15, 0.2) is 17.5 Å². The zero-order valence-corrected chi connectivity index (χ0v) is 29.0. The van der Waals surface area contributed by atoms with Crippen LogP contribution in [0.25, 0.3) is 100 Å². The second-order valence-electron chi connectivity index (χ2n) is 14.1. The number of hydrogen-bond donors (Lipinski definition) is 0. The highest BCUT2D eigenvalue weighted by Crippen LogP contribution is 2.40. The summed E-state index contributed by atoms with van der Waals surface area (Å²) in [7, 11) is 0. The van der Waals surface area contributed by atoms with Crippen LogP contribution < -0.4 is 0 Å². The smallest absolute Gasteiger partial charge is 0.164 e. The Morgan fingerprint density at radius 3 is 1.98 bits per heavy atom. The number of fused-ring (bicyclic) bond motifs is 10. The van der Waals surface area contributed by atoms with Gasteiger partial charge in [0.2, 0.25) is 0 Å². The molecule has 0 fully saturated rings. The van der Waals surface area contributed by atoms with E-state index in [1.807, 2.05) is 30.3 Å². The highest BCUT2D eigenvalue weighted by atomic mass is 16.3. The molecule has 1 aliphatic carbocycles. The van der Waals surface area contributed by atoms with Crippen LogP contribution in [0, 0.1) is 5.92 Å². The third-order valence-electron chi connectivity index (χ3n) is 10.8. The van der Waals surface area contributed by atoms with E-state index in [-0.39, 0.29) is 0 Å². The first kappa shape index (κ1) is 29.8. The van der Waals surface area contributed by atoms with Crippen molar-refractivity contribution in [1.82, 2.24) is 19.5 Å². The molecule has 5 nitrogen and oxygen atoms in total. The lowest BCUT2D eigenvalue weighted by molar-refractivity contribution is 0.671. The third-order valence-corrected chi connectivity index (χ3v) is 10.8. The summed E-state index contributed by atoms with van der Waals surface area (Å²) in [6.45, 7) is 2.27. The molecule has 1 unspecified atom stereocenters. The van der Waals surface area contributed by atoms with Crippen LogP contribution in [-0.2, 0) is 6.42 Å². The van der Waals surface area contributed by atoms with E-state index in [9.17, 15) is 0 Å². The van der Waals surface area contributed by atoms with Gasteiger partial charge in [0.25, 0.3) is 0 Å². The molecule has 0 radical (unpaired) electrons. The van der Waals surface area contributed by atoms with Crippen LogP contribution in [0.1, 0.15) is 18.1 Å². The lowest BCUT2D eigenvalue weighted by Crippen LogP contribution is -2.04. The van der Waals surface area contributed by atoms with E-state index >= 15 is 0 Å². The van der Waals surface area contributed by atoms with Gasteiger partial charge >= 0.3 is 0 Å². The Hall–Kier alpha value is -6.85. The average Bonchev–Trinajstić information content (AvgIpc) is 3.76. The van der Waals surface area contributed by atoms with E-state index in [0.29, 0.717) is 23.4 Å². The van der Waals surface area contributed by atoms with Crippen molar-refractivity contribution in [2.75, 3.05) is 0 Å². The second-order valence-corrected chi connectivity index (χ2v) is 14.1. The number of furan rings is 1. The summed E-state index contributed by atoms with van der Waals surface area (Å²) in [6, 6.07) is 50.9. The van der Waals surface area contributed by atoms with Gasteiger partial charge in [-0.2, -0.15) is 0 Å². The predicted octanol–water partition coefficient (Wildman–Crippen LogP) is 12.2. The Kier molecular flexibility index (Phi) is 6.52. The van der Waals surface area contributed by atoms with Gasteiger partial charge in [0.05, 0.1) is 11.0 Å². The van der Waals surface area contributed by atoms with Crippen LogP contribution in [-0.4, -0.2) is 19.5 Å². The largest absolute Gasteiger partial charge is 0.455 e. The van der Waals surface area contributed by atoms with E-state index in [1.165, 1.54) is 32.7 Å². The molecule has 250 valence electrons. The lowest BCUT2D eigenvalue weighted by atomic mass is 9.86. The van der Waals surface area contributed by atoms with Gasteiger partial charge in [-0.3, -0.25) is 0 Å². The highest BCUT2D eigenvalue weighted by Gasteiger charge is 2.20. The SMILES string of the molecule is CC1C=Cc2ccc3ccc4c5ccc(-c6nc(-c7ccccc7)nc(-c7cccc(-n8c9ccccc9c9ccccc98)c7)n6)cc5oc4c3c2C1. The number of nitrogens with zero attached hydrogens (tertiary/aromatic N) is 4. The molecular weight excluding hydrogens is 649 g/mol. The first-order valence-corrected chi connectivity index (χ1v) is 18.2. The second kappa shape index (κ2) is 11.6. The minimum Gasteiger partial charge on any atom is -0.455 e. The first-order valence-electron chi connectivity index (χ1n) is 18.2. The van der Waals surface area contributed by atoms with Crippen LogP contribution >= 0.6 is 0 Å². The summed E-state index contributed by atoms with van der Waals surface area (Å²) in [6.07, 6.45) is 5.55. The van der Waals surface area contributed by atoms with Gasteiger partial charge in [-0.25, -0.2) is 15.0 Å². The zero-order valence-electron chi connectivity index (χ0n) is 29.0. The predicted molar refractivity (Wildman–Crippen MR) is 217 cm³/mol. The minimum atomic E-state index is 0.485. The molecule has 3 aromatic heterocycles. The molecule has 5 heteroatoms. The van der Waals surface area contributed by atoms with Crippen LogP contribution in [0.3, 0.4) is 0 Å². The maximum atomic E-state index is 6.79. The summed E-state index contributed by atoms with van der Waals surface area (Å²) in [5, 5.41) is 7.07. The molecule has 11 rings (SSSR count). The molecule has 7 aromatic carbocycles. The van der Waals surface area contributed by atoms with Crippen LogP contribution in [0.4, 0.5) is 0 Å². The fourth-order valence-electron chi connectivity index (χ4n) is 8.24. The monoisotopic (exact) mass is 680 g/mol. The summed E-state index contributed by atoms with van der Waals surface area (Å²) >= 11 is 0. The molecule has 0 N–H and O–H groups in total. The Balaban J connectivity index is 1.09. The van der Waals surface area contributed by atoms with Crippen molar-refractivity contribution >= 4 is 60.6 Å². The summed E-state index contributed by atoms with van der Waals surface area (Å²) in [5.41, 5.74) is 10.5. The van der Waals surface area contributed by atoms with Crippen molar-refractivity contribution in [3.05, 3.63) is 163 Å². The number of allylic oxidation sites excluding steroid dienone is 1. The molecule has 3 heterocycles. The summed E-state index contributed by atoms with van der Waals surface area (Å²) < 4.78 is 9.11. The van der Waals surface area contributed by atoms with E-state index in [1.54, 1.807) is 0 Å². The van der Waals surface area contributed by atoms with Gasteiger partial charge in [-0.1, -0.05) is 122 Å². The van der Waals surface area contributed by atoms with Gasteiger partial charge in [0.1, 0.15) is 11.2 Å². The molecule has 0 saturated carbocycles. The quantitative estimate of drug-likeness (QED) is 0.186. The number of para-hydroxylation sites is 2. The van der Waals surface area contributed by atoms with E-state index in [2.05, 4.69) is 139 Å². The topological polar surface area (TPSA) is 56.7 Å². The van der Waals surface area contributed by atoms with E-state index in [0.717, 1.165) is 61.8 Å². The molecule has 1 aliphatic rings. The normalized spacial score (nSPS) is 14.2. The minimum absolute atomic E-state index is 0.485. The fraction of sp³-hybridized carbons (Fsp3) is 0.0625.